The van der Waals surface area contributed by atoms with Crippen LogP contribution in [-0.2, 0) is 4.79 Å². The number of aromatic nitrogens is 1. The first-order valence-electron chi connectivity index (χ1n) is 5.83. The molecule has 5 nitrogen and oxygen atoms in total. The van der Waals surface area contributed by atoms with Crippen LogP contribution in [0.25, 0.3) is 6.08 Å². The van der Waals surface area contributed by atoms with Crippen LogP contribution in [0.3, 0.4) is 0 Å². The molecule has 0 fully saturated rings. The molecule has 0 saturated heterocycles. The van der Waals surface area contributed by atoms with Gasteiger partial charge in [0.2, 0.25) is 5.91 Å². The fourth-order valence-corrected chi connectivity index (χ4v) is 2.49. The lowest BCUT2D eigenvalue weighted by molar-refractivity contribution is -0.111. The van der Waals surface area contributed by atoms with Crippen LogP contribution >= 0.6 is 31.9 Å². The van der Waals surface area contributed by atoms with Crippen molar-refractivity contribution in [1.29, 1.82) is 0 Å². The number of hydrogen-bond acceptors (Lipinski definition) is 2. The minimum atomic E-state index is -1.11. The number of aromatic carboxylic acids is 1. The quantitative estimate of drug-likeness (QED) is 0.665. The molecule has 0 atom stereocenters. The molecular formula is C14H10Br2N2O3. The number of aromatic amines is 1. The van der Waals surface area contributed by atoms with Crippen LogP contribution in [0.15, 0.2) is 45.5 Å². The van der Waals surface area contributed by atoms with E-state index in [-0.39, 0.29) is 11.6 Å². The second kappa shape index (κ2) is 6.73. The molecule has 0 radical (unpaired) electrons. The van der Waals surface area contributed by atoms with Crippen molar-refractivity contribution < 1.29 is 14.7 Å². The fraction of sp³-hybridized carbons (Fsp3) is 0. The van der Waals surface area contributed by atoms with Gasteiger partial charge in [0.15, 0.2) is 0 Å². The van der Waals surface area contributed by atoms with Crippen LogP contribution in [-0.4, -0.2) is 22.0 Å². The maximum absolute atomic E-state index is 11.8. The highest BCUT2D eigenvalue weighted by molar-refractivity contribution is 9.13. The number of amides is 1. The van der Waals surface area contributed by atoms with E-state index in [0.717, 1.165) is 0 Å². The molecule has 0 aliphatic heterocycles. The van der Waals surface area contributed by atoms with E-state index in [2.05, 4.69) is 42.2 Å². The van der Waals surface area contributed by atoms with E-state index in [1.807, 2.05) is 18.2 Å². The zero-order valence-electron chi connectivity index (χ0n) is 10.6. The number of rotatable bonds is 4. The van der Waals surface area contributed by atoms with E-state index >= 15 is 0 Å². The number of H-pyrrole nitrogens is 1. The Morgan fingerprint density at radius 3 is 2.48 bits per heavy atom. The van der Waals surface area contributed by atoms with Crippen LogP contribution in [0, 0.1) is 0 Å². The van der Waals surface area contributed by atoms with Gasteiger partial charge in [-0.2, -0.15) is 0 Å². The average Bonchev–Trinajstić information content (AvgIpc) is 2.74. The van der Waals surface area contributed by atoms with Gasteiger partial charge in [-0.3, -0.25) is 4.79 Å². The van der Waals surface area contributed by atoms with Crippen molar-refractivity contribution in [3.8, 4) is 0 Å². The van der Waals surface area contributed by atoms with Crippen molar-refractivity contribution in [3.05, 3.63) is 56.7 Å². The van der Waals surface area contributed by atoms with E-state index in [9.17, 15) is 9.59 Å². The number of nitrogens with one attached hydrogen (secondary N) is 2. The van der Waals surface area contributed by atoms with Crippen molar-refractivity contribution in [1.82, 2.24) is 4.98 Å². The summed E-state index contributed by atoms with van der Waals surface area (Å²) in [6.07, 6.45) is 2.72. The summed E-state index contributed by atoms with van der Waals surface area (Å²) in [5, 5.41) is 11.8. The molecule has 1 heterocycles. The van der Waals surface area contributed by atoms with Crippen molar-refractivity contribution in [3.63, 3.8) is 0 Å². The van der Waals surface area contributed by atoms with E-state index in [4.69, 9.17) is 5.11 Å². The molecule has 0 aliphatic carbocycles. The summed E-state index contributed by atoms with van der Waals surface area (Å²) < 4.78 is 1.05. The number of anilines is 1. The highest BCUT2D eigenvalue weighted by Gasteiger charge is 2.17. The van der Waals surface area contributed by atoms with Gasteiger partial charge < -0.3 is 15.4 Å². The lowest BCUT2D eigenvalue weighted by Crippen LogP contribution is -2.07. The maximum Gasteiger partial charge on any atom is 0.352 e. The van der Waals surface area contributed by atoms with Crippen molar-refractivity contribution >= 4 is 55.5 Å². The van der Waals surface area contributed by atoms with E-state index in [0.29, 0.717) is 20.3 Å². The molecule has 0 aliphatic rings. The molecular weight excluding hydrogens is 404 g/mol. The first-order valence-corrected chi connectivity index (χ1v) is 7.42. The third-order valence-electron chi connectivity index (χ3n) is 2.59. The highest BCUT2D eigenvalue weighted by Crippen LogP contribution is 2.30. The number of para-hydroxylation sites is 1. The minimum Gasteiger partial charge on any atom is -0.477 e. The minimum absolute atomic E-state index is 0.00230. The van der Waals surface area contributed by atoms with Crippen LogP contribution < -0.4 is 5.32 Å². The standard InChI is InChI=1S/C14H10Br2N2O3/c15-11-9(12(14(20)21)18-13(11)16)6-7-10(19)17-8-4-2-1-3-5-8/h1-7,18H,(H,17,19)(H,20,21)/b7-6+. The van der Waals surface area contributed by atoms with Gasteiger partial charge in [0.25, 0.3) is 0 Å². The number of carbonyl (C=O) groups excluding carboxylic acids is 1. The number of carbonyl (C=O) groups is 2. The normalized spacial score (nSPS) is 10.8. The SMILES string of the molecule is O=C(/C=C/c1c(C(=O)O)[nH]c(Br)c1Br)Nc1ccccc1. The Bertz CT molecular complexity index is 709. The van der Waals surface area contributed by atoms with Gasteiger partial charge in [-0.25, -0.2) is 4.79 Å². The van der Waals surface area contributed by atoms with Gasteiger partial charge in [0.1, 0.15) is 5.69 Å². The first-order chi connectivity index (χ1) is 9.99. The van der Waals surface area contributed by atoms with E-state index in [1.165, 1.54) is 12.2 Å². The van der Waals surface area contributed by atoms with Crippen LogP contribution in [0.5, 0.6) is 0 Å². The van der Waals surface area contributed by atoms with Crippen LogP contribution in [0.4, 0.5) is 5.69 Å². The zero-order chi connectivity index (χ0) is 15.4. The second-order valence-corrected chi connectivity index (χ2v) is 5.62. The fourth-order valence-electron chi connectivity index (χ4n) is 1.65. The monoisotopic (exact) mass is 412 g/mol. The highest BCUT2D eigenvalue weighted by atomic mass is 79.9. The molecule has 1 aromatic heterocycles. The Hall–Kier alpha value is -1.86. The summed E-state index contributed by atoms with van der Waals surface area (Å²) in [5.74, 6) is -1.45. The summed E-state index contributed by atoms with van der Waals surface area (Å²) >= 11 is 6.46. The Balaban J connectivity index is 2.18. The zero-order valence-corrected chi connectivity index (χ0v) is 13.7. The molecule has 0 spiro atoms. The van der Waals surface area contributed by atoms with Gasteiger partial charge in [-0.15, -0.1) is 0 Å². The third kappa shape index (κ3) is 3.83. The molecule has 108 valence electrons. The average molecular weight is 414 g/mol. The summed E-state index contributed by atoms with van der Waals surface area (Å²) in [7, 11) is 0. The van der Waals surface area contributed by atoms with Crippen LogP contribution in [0.1, 0.15) is 16.1 Å². The number of benzene rings is 1. The number of halogens is 2. The third-order valence-corrected chi connectivity index (χ3v) is 4.54. The molecule has 0 unspecified atom stereocenters. The summed E-state index contributed by atoms with van der Waals surface area (Å²) in [6, 6.07) is 8.98. The largest absolute Gasteiger partial charge is 0.477 e. The molecule has 2 rings (SSSR count). The molecule has 21 heavy (non-hydrogen) atoms. The van der Waals surface area contributed by atoms with Gasteiger partial charge in [0.05, 0.1) is 9.08 Å². The molecule has 0 bridgehead atoms. The first kappa shape index (κ1) is 15.5. The number of carboxylic acid groups (broad SMARTS) is 1. The molecule has 7 heteroatoms. The predicted molar refractivity (Wildman–Crippen MR) is 87.3 cm³/mol. The second-order valence-electron chi connectivity index (χ2n) is 4.04. The lowest BCUT2D eigenvalue weighted by atomic mass is 10.2. The molecule has 1 amide bonds. The van der Waals surface area contributed by atoms with Gasteiger partial charge in [0, 0.05) is 17.3 Å². The van der Waals surface area contributed by atoms with Gasteiger partial charge in [-0.05, 0) is 50.1 Å². The molecule has 3 N–H and O–H groups in total. The summed E-state index contributed by atoms with van der Waals surface area (Å²) in [5.41, 5.74) is 1.05. The Morgan fingerprint density at radius 1 is 1.19 bits per heavy atom. The Labute approximate surface area is 137 Å². The number of hydrogen-bond donors (Lipinski definition) is 3. The van der Waals surface area contributed by atoms with Crippen molar-refractivity contribution in [2.24, 2.45) is 0 Å². The molecule has 0 saturated carbocycles. The van der Waals surface area contributed by atoms with Gasteiger partial charge in [-0.1, -0.05) is 18.2 Å². The summed E-state index contributed by atoms with van der Waals surface area (Å²) in [4.78, 5) is 25.6. The van der Waals surface area contributed by atoms with Crippen molar-refractivity contribution in [2.45, 2.75) is 0 Å². The lowest BCUT2D eigenvalue weighted by Gasteiger charge is -2.00. The smallest absolute Gasteiger partial charge is 0.352 e. The predicted octanol–water partition coefficient (Wildman–Crippen LogP) is 3.89. The van der Waals surface area contributed by atoms with Gasteiger partial charge >= 0.3 is 5.97 Å². The Kier molecular flexibility index (Phi) is 4.98. The van der Waals surface area contributed by atoms with E-state index < -0.39 is 5.97 Å². The Morgan fingerprint density at radius 2 is 1.86 bits per heavy atom. The molecule has 1 aromatic carbocycles. The number of carboxylic acids is 1. The van der Waals surface area contributed by atoms with E-state index in [1.54, 1.807) is 12.1 Å². The molecule has 2 aromatic rings. The van der Waals surface area contributed by atoms with Crippen molar-refractivity contribution in [2.75, 3.05) is 5.32 Å². The summed E-state index contributed by atoms with van der Waals surface area (Å²) in [6.45, 7) is 0. The van der Waals surface area contributed by atoms with Crippen LogP contribution in [0.2, 0.25) is 0 Å². The topological polar surface area (TPSA) is 82.2 Å². The maximum atomic E-state index is 11.8.